The van der Waals surface area contributed by atoms with Gasteiger partial charge < -0.3 is 19.6 Å². The fourth-order valence-corrected chi connectivity index (χ4v) is 2.43. The Hall–Kier alpha value is -1.26. The Labute approximate surface area is 123 Å². The van der Waals surface area contributed by atoms with Gasteiger partial charge in [0.1, 0.15) is 5.75 Å². The number of nitrogens with zero attached hydrogens (tertiary/aromatic N) is 2. The van der Waals surface area contributed by atoms with Gasteiger partial charge in [0.25, 0.3) is 0 Å². The highest BCUT2D eigenvalue weighted by Crippen LogP contribution is 2.34. The van der Waals surface area contributed by atoms with E-state index in [1.807, 2.05) is 12.1 Å². The van der Waals surface area contributed by atoms with Gasteiger partial charge in [-0.2, -0.15) is 0 Å². The number of hydrogen-bond acceptors (Lipinski definition) is 4. The Morgan fingerprint density at radius 3 is 2.45 bits per heavy atom. The Kier molecular flexibility index (Phi) is 6.82. The van der Waals surface area contributed by atoms with E-state index in [-0.39, 0.29) is 0 Å². The first-order chi connectivity index (χ1) is 9.51. The number of aliphatic hydroxyl groups is 1. The van der Waals surface area contributed by atoms with Crippen LogP contribution in [0.5, 0.6) is 5.75 Å². The molecule has 4 heteroatoms. The third-order valence-corrected chi connectivity index (χ3v) is 3.44. The molecular weight excluding hydrogens is 252 g/mol. The summed E-state index contributed by atoms with van der Waals surface area (Å²) in [6.07, 6.45) is 0.557. The number of anilines is 1. The Morgan fingerprint density at radius 1 is 1.25 bits per heavy atom. The number of ether oxygens (including phenoxy) is 1. The molecular formula is C16H28N2O2. The lowest BCUT2D eigenvalue weighted by Gasteiger charge is -2.28. The molecule has 1 aromatic rings. The van der Waals surface area contributed by atoms with Crippen molar-refractivity contribution in [3.8, 4) is 5.75 Å². The molecule has 0 aliphatic rings. The maximum atomic E-state index is 10.1. The second kappa shape index (κ2) is 8.12. The molecule has 0 radical (unpaired) electrons. The molecule has 1 atom stereocenters. The van der Waals surface area contributed by atoms with Gasteiger partial charge in [-0.05, 0) is 53.0 Å². The maximum Gasteiger partial charge on any atom is 0.126 e. The molecule has 20 heavy (non-hydrogen) atoms. The molecule has 1 rings (SSSR count). The van der Waals surface area contributed by atoms with E-state index in [1.165, 1.54) is 0 Å². The first-order valence-corrected chi connectivity index (χ1v) is 7.25. The van der Waals surface area contributed by atoms with Gasteiger partial charge in [0, 0.05) is 24.3 Å². The van der Waals surface area contributed by atoms with Gasteiger partial charge in [0.2, 0.25) is 0 Å². The average molecular weight is 280 g/mol. The smallest absolute Gasteiger partial charge is 0.126 e. The molecule has 0 amide bonds. The largest absolute Gasteiger partial charge is 0.496 e. The molecule has 0 fully saturated rings. The third-order valence-electron chi connectivity index (χ3n) is 3.44. The van der Waals surface area contributed by atoms with Crippen LogP contribution in [-0.4, -0.2) is 50.8 Å². The standard InChI is InChI=1S/C16H28N2O2/c1-6-18(12-8-11-17(3)4)14-9-7-10-15(20-5)16(14)13(2)19/h7,9-10,13,19H,6,8,11-12H2,1-5H3/t13-/m0/s1. The molecule has 1 aromatic carbocycles. The van der Waals surface area contributed by atoms with Gasteiger partial charge in [0.15, 0.2) is 0 Å². The van der Waals surface area contributed by atoms with E-state index in [1.54, 1.807) is 14.0 Å². The molecule has 0 unspecified atom stereocenters. The van der Waals surface area contributed by atoms with Crippen LogP contribution in [0.1, 0.15) is 31.9 Å². The second-order valence-electron chi connectivity index (χ2n) is 5.31. The summed E-state index contributed by atoms with van der Waals surface area (Å²) in [5.41, 5.74) is 1.95. The van der Waals surface area contributed by atoms with Crippen LogP contribution in [0.15, 0.2) is 18.2 Å². The van der Waals surface area contributed by atoms with Gasteiger partial charge in [-0.3, -0.25) is 0 Å². The monoisotopic (exact) mass is 280 g/mol. The highest BCUT2D eigenvalue weighted by atomic mass is 16.5. The minimum atomic E-state index is -0.538. The Morgan fingerprint density at radius 2 is 1.95 bits per heavy atom. The van der Waals surface area contributed by atoms with E-state index in [0.29, 0.717) is 0 Å². The zero-order chi connectivity index (χ0) is 15.1. The van der Waals surface area contributed by atoms with Crippen LogP contribution in [0.4, 0.5) is 5.69 Å². The Balaban J connectivity index is 2.96. The number of benzene rings is 1. The number of aliphatic hydroxyl groups excluding tert-OH is 1. The van der Waals surface area contributed by atoms with Crippen LogP contribution < -0.4 is 9.64 Å². The summed E-state index contributed by atoms with van der Waals surface area (Å²) in [4.78, 5) is 4.49. The molecule has 114 valence electrons. The molecule has 0 aromatic heterocycles. The molecule has 0 saturated carbocycles. The van der Waals surface area contributed by atoms with Gasteiger partial charge in [-0.1, -0.05) is 6.07 Å². The predicted octanol–water partition coefficient (Wildman–Crippen LogP) is 2.53. The molecule has 0 aliphatic heterocycles. The topological polar surface area (TPSA) is 35.9 Å². The quantitative estimate of drug-likeness (QED) is 0.794. The van der Waals surface area contributed by atoms with Gasteiger partial charge in [0.05, 0.1) is 13.2 Å². The first-order valence-electron chi connectivity index (χ1n) is 7.25. The van der Waals surface area contributed by atoms with E-state index in [0.717, 1.165) is 43.1 Å². The minimum Gasteiger partial charge on any atom is -0.496 e. The molecule has 0 bridgehead atoms. The molecule has 0 aliphatic carbocycles. The predicted molar refractivity (Wildman–Crippen MR) is 84.7 cm³/mol. The zero-order valence-electron chi connectivity index (χ0n) is 13.4. The van der Waals surface area contributed by atoms with Crippen LogP contribution in [0.25, 0.3) is 0 Å². The van der Waals surface area contributed by atoms with Crippen molar-refractivity contribution in [3.63, 3.8) is 0 Å². The van der Waals surface area contributed by atoms with Crippen molar-refractivity contribution in [1.29, 1.82) is 0 Å². The molecule has 1 N–H and O–H groups in total. The van der Waals surface area contributed by atoms with Crippen molar-refractivity contribution in [3.05, 3.63) is 23.8 Å². The number of hydrogen-bond donors (Lipinski definition) is 1. The van der Waals surface area contributed by atoms with Crippen LogP contribution in [0.3, 0.4) is 0 Å². The summed E-state index contributed by atoms with van der Waals surface area (Å²) in [5.74, 6) is 0.753. The summed E-state index contributed by atoms with van der Waals surface area (Å²) in [6, 6.07) is 5.94. The first kappa shape index (κ1) is 16.8. The number of rotatable bonds is 8. The second-order valence-corrected chi connectivity index (χ2v) is 5.31. The molecule has 4 nitrogen and oxygen atoms in total. The van der Waals surface area contributed by atoms with E-state index in [9.17, 15) is 5.11 Å². The molecule has 0 heterocycles. The van der Waals surface area contributed by atoms with Crippen molar-refractivity contribution < 1.29 is 9.84 Å². The maximum absolute atomic E-state index is 10.1. The Bertz CT molecular complexity index is 405. The summed E-state index contributed by atoms with van der Waals surface area (Å²) in [7, 11) is 5.82. The summed E-state index contributed by atoms with van der Waals surface area (Å²) in [5, 5.41) is 10.1. The van der Waals surface area contributed by atoms with Crippen molar-refractivity contribution >= 4 is 5.69 Å². The highest BCUT2D eigenvalue weighted by molar-refractivity contribution is 5.60. The van der Waals surface area contributed by atoms with Crippen LogP contribution in [-0.2, 0) is 0 Å². The SMILES string of the molecule is CCN(CCCN(C)C)c1cccc(OC)c1[C@H](C)O. The van der Waals surface area contributed by atoms with Crippen molar-refractivity contribution in [2.75, 3.05) is 45.7 Å². The van der Waals surface area contributed by atoms with Gasteiger partial charge in [-0.15, -0.1) is 0 Å². The molecule has 0 spiro atoms. The van der Waals surface area contributed by atoms with Crippen molar-refractivity contribution in [1.82, 2.24) is 4.90 Å². The van der Waals surface area contributed by atoms with E-state index < -0.39 is 6.10 Å². The van der Waals surface area contributed by atoms with Crippen LogP contribution >= 0.6 is 0 Å². The minimum absolute atomic E-state index is 0.538. The van der Waals surface area contributed by atoms with Crippen LogP contribution in [0, 0.1) is 0 Å². The third kappa shape index (κ3) is 4.39. The normalized spacial score (nSPS) is 12.6. The fourth-order valence-electron chi connectivity index (χ4n) is 2.43. The lowest BCUT2D eigenvalue weighted by atomic mass is 10.1. The van der Waals surface area contributed by atoms with E-state index in [4.69, 9.17) is 4.74 Å². The van der Waals surface area contributed by atoms with E-state index >= 15 is 0 Å². The van der Waals surface area contributed by atoms with Crippen molar-refractivity contribution in [2.45, 2.75) is 26.4 Å². The van der Waals surface area contributed by atoms with Gasteiger partial charge >= 0.3 is 0 Å². The average Bonchev–Trinajstić information content (AvgIpc) is 2.42. The lowest BCUT2D eigenvalue weighted by molar-refractivity contribution is 0.194. The zero-order valence-corrected chi connectivity index (χ0v) is 13.4. The van der Waals surface area contributed by atoms with Crippen LogP contribution in [0.2, 0.25) is 0 Å². The fraction of sp³-hybridized carbons (Fsp3) is 0.625. The summed E-state index contributed by atoms with van der Waals surface area (Å²) >= 11 is 0. The highest BCUT2D eigenvalue weighted by Gasteiger charge is 2.17. The van der Waals surface area contributed by atoms with Gasteiger partial charge in [-0.25, -0.2) is 0 Å². The molecule has 0 saturated heterocycles. The number of methoxy groups -OCH3 is 1. The lowest BCUT2D eigenvalue weighted by Crippen LogP contribution is -2.28. The van der Waals surface area contributed by atoms with Crippen molar-refractivity contribution in [2.24, 2.45) is 0 Å². The summed E-state index contributed by atoms with van der Waals surface area (Å²) < 4.78 is 5.39. The van der Waals surface area contributed by atoms with E-state index in [2.05, 4.69) is 36.9 Å². The summed E-state index contributed by atoms with van der Waals surface area (Å²) in [6.45, 7) is 6.88.